The van der Waals surface area contributed by atoms with Crippen molar-refractivity contribution in [3.63, 3.8) is 0 Å². The van der Waals surface area contributed by atoms with Gasteiger partial charge in [-0.1, -0.05) is 28.8 Å². The molecule has 0 aliphatic rings. The summed E-state index contributed by atoms with van der Waals surface area (Å²) in [6.07, 6.45) is 4.66. The van der Waals surface area contributed by atoms with Crippen LogP contribution in [-0.2, 0) is 10.0 Å². The first kappa shape index (κ1) is 15.4. The van der Waals surface area contributed by atoms with E-state index in [0.29, 0.717) is 9.20 Å². The lowest BCUT2D eigenvalue weighted by Gasteiger charge is -1.99. The molecule has 7 heteroatoms. The lowest BCUT2D eigenvalue weighted by Crippen LogP contribution is -2.41. The van der Waals surface area contributed by atoms with Gasteiger partial charge in [0.2, 0.25) is 0 Å². The molecular weight excluding hydrogens is 332 g/mol. The summed E-state index contributed by atoms with van der Waals surface area (Å²) >= 11 is 1.26. The molecule has 0 amide bonds. The maximum Gasteiger partial charge on any atom is 0.399 e. The van der Waals surface area contributed by atoms with Crippen LogP contribution in [0.25, 0.3) is 12.7 Å². The first-order valence-corrected chi connectivity index (χ1v) is 8.94. The Morgan fingerprint density at radius 1 is 1.09 bits per heavy atom. The number of nitrogens with zero attached hydrogens (tertiary/aromatic N) is 1. The summed E-state index contributed by atoms with van der Waals surface area (Å²) in [6.45, 7) is 3.68. The monoisotopic (exact) mass is 345 g/mol. The fourth-order valence-electron chi connectivity index (χ4n) is 2.04. The summed E-state index contributed by atoms with van der Waals surface area (Å²) in [5, 5.41) is 0. The number of nitrogens with one attached hydrogen (secondary N) is 1. The quantitative estimate of drug-likeness (QED) is 0.690. The number of pyridine rings is 1. The molecule has 0 spiro atoms. The Morgan fingerprint density at radius 2 is 1.74 bits per heavy atom. The van der Waals surface area contributed by atoms with E-state index in [-0.39, 0.29) is 10.5 Å². The summed E-state index contributed by atoms with van der Waals surface area (Å²) in [5.41, 5.74) is 0.547. The standard InChI is InChI=1S/C16H12N2O3S2/c1-12-17-16(19)15(22-12)11-13-5-7-14(8-6-13)23(20,21)18-9-3-2-4-10-18/h2-11H,1H2/p+1/b15-11+. The molecule has 0 bridgehead atoms. The van der Waals surface area contributed by atoms with Crippen molar-refractivity contribution in [2.24, 2.45) is 0 Å². The van der Waals surface area contributed by atoms with Gasteiger partial charge in [-0.25, -0.2) is 0 Å². The summed E-state index contributed by atoms with van der Waals surface area (Å²) in [5.74, 6) is 0. The van der Waals surface area contributed by atoms with Crippen molar-refractivity contribution in [3.8, 4) is 0 Å². The molecule has 1 N–H and O–H groups in total. The molecule has 3 rings (SSSR count). The van der Waals surface area contributed by atoms with E-state index in [1.54, 1.807) is 36.4 Å². The van der Waals surface area contributed by atoms with Crippen molar-refractivity contribution in [3.05, 3.63) is 80.0 Å². The third-order valence-corrected chi connectivity index (χ3v) is 5.69. The summed E-state index contributed by atoms with van der Waals surface area (Å²) in [4.78, 5) is 14.4. The summed E-state index contributed by atoms with van der Waals surface area (Å²) < 4.78 is 27.2. The fraction of sp³-hybridized carbons (Fsp3) is 0. The zero-order valence-electron chi connectivity index (χ0n) is 12.0. The van der Waals surface area contributed by atoms with Crippen LogP contribution in [0.2, 0.25) is 0 Å². The summed E-state index contributed by atoms with van der Waals surface area (Å²) in [6, 6.07) is 11.4. The number of H-pyrrole nitrogens is 1. The Bertz CT molecular complexity index is 1100. The predicted molar refractivity (Wildman–Crippen MR) is 88.9 cm³/mol. The molecule has 116 valence electrons. The minimum Gasteiger partial charge on any atom is -0.313 e. The van der Waals surface area contributed by atoms with Gasteiger partial charge in [-0.05, 0) is 23.8 Å². The Labute approximate surface area is 136 Å². The van der Waals surface area contributed by atoms with Gasteiger partial charge in [0.05, 0.1) is 9.20 Å². The van der Waals surface area contributed by atoms with E-state index in [2.05, 4.69) is 11.6 Å². The topological polar surface area (TPSA) is 70.9 Å². The van der Waals surface area contributed by atoms with Gasteiger partial charge in [0.25, 0.3) is 5.56 Å². The zero-order chi connectivity index (χ0) is 16.4. The smallest absolute Gasteiger partial charge is 0.313 e. The van der Waals surface area contributed by atoms with E-state index in [9.17, 15) is 13.2 Å². The highest BCUT2D eigenvalue weighted by Gasteiger charge is 2.23. The van der Waals surface area contributed by atoms with Crippen LogP contribution < -0.4 is 18.7 Å². The van der Waals surface area contributed by atoms with Gasteiger partial charge in [-0.2, -0.15) is 8.42 Å². The van der Waals surface area contributed by atoms with Gasteiger partial charge in [-0.3, -0.25) is 4.79 Å². The van der Waals surface area contributed by atoms with E-state index < -0.39 is 10.0 Å². The fourth-order valence-corrected chi connectivity index (χ4v) is 3.97. The van der Waals surface area contributed by atoms with Crippen LogP contribution in [0.5, 0.6) is 0 Å². The SMILES string of the molecule is C=c1[nH]c(=O)/c(=C\c2ccc(S(=O)(=O)[n+]3ccccc3)cc2)s1. The second-order valence-corrected chi connectivity index (χ2v) is 7.75. The van der Waals surface area contributed by atoms with Crippen LogP contribution in [0.4, 0.5) is 0 Å². The van der Waals surface area contributed by atoms with Crippen LogP contribution in [0.1, 0.15) is 5.56 Å². The van der Waals surface area contributed by atoms with Gasteiger partial charge in [0.1, 0.15) is 4.90 Å². The lowest BCUT2D eigenvalue weighted by molar-refractivity contribution is -0.511. The molecule has 0 unspecified atom stereocenters. The molecule has 0 radical (unpaired) electrons. The highest BCUT2D eigenvalue weighted by Crippen LogP contribution is 2.10. The lowest BCUT2D eigenvalue weighted by atomic mass is 10.2. The molecule has 0 saturated heterocycles. The Kier molecular flexibility index (Phi) is 3.97. The van der Waals surface area contributed by atoms with Crippen LogP contribution in [0, 0.1) is 0 Å². The molecule has 0 atom stereocenters. The zero-order valence-corrected chi connectivity index (χ0v) is 13.6. The van der Waals surface area contributed by atoms with Crippen molar-refractivity contribution in [2.45, 2.75) is 4.90 Å². The normalized spacial score (nSPS) is 12.4. The van der Waals surface area contributed by atoms with Gasteiger partial charge in [-0.15, -0.1) is 11.3 Å². The van der Waals surface area contributed by atoms with Gasteiger partial charge < -0.3 is 4.98 Å². The number of aromatic nitrogens is 2. The van der Waals surface area contributed by atoms with Crippen LogP contribution >= 0.6 is 11.3 Å². The van der Waals surface area contributed by atoms with Crippen molar-refractivity contribution < 1.29 is 12.4 Å². The van der Waals surface area contributed by atoms with Crippen LogP contribution in [0.15, 0.2) is 64.5 Å². The average Bonchev–Trinajstić information content (AvgIpc) is 2.86. The molecule has 1 aromatic carbocycles. The van der Waals surface area contributed by atoms with E-state index in [1.807, 2.05) is 0 Å². The van der Waals surface area contributed by atoms with E-state index in [1.165, 1.54) is 35.9 Å². The molecule has 0 fully saturated rings. The van der Waals surface area contributed by atoms with Gasteiger partial charge in [0, 0.05) is 12.1 Å². The van der Waals surface area contributed by atoms with Crippen molar-refractivity contribution in [2.75, 3.05) is 0 Å². The third-order valence-electron chi connectivity index (χ3n) is 3.15. The molecule has 3 aromatic rings. The Balaban J connectivity index is 2.00. The highest BCUT2D eigenvalue weighted by atomic mass is 32.2. The maximum absolute atomic E-state index is 12.5. The number of rotatable bonds is 3. The molecule has 23 heavy (non-hydrogen) atoms. The number of hydrogen-bond acceptors (Lipinski definition) is 4. The number of benzene rings is 1. The summed E-state index contributed by atoms with van der Waals surface area (Å²) in [7, 11) is -3.61. The first-order chi connectivity index (χ1) is 11.0. The minimum atomic E-state index is -3.61. The highest BCUT2D eigenvalue weighted by molar-refractivity contribution is 7.85. The van der Waals surface area contributed by atoms with E-state index in [0.717, 1.165) is 9.54 Å². The number of thiazole rings is 1. The van der Waals surface area contributed by atoms with Crippen molar-refractivity contribution >= 4 is 34.0 Å². The average molecular weight is 345 g/mol. The predicted octanol–water partition coefficient (Wildman–Crippen LogP) is 0.200. The minimum absolute atomic E-state index is 0.184. The van der Waals surface area contributed by atoms with Gasteiger partial charge >= 0.3 is 10.0 Å². The second-order valence-electron chi connectivity index (χ2n) is 4.77. The van der Waals surface area contributed by atoms with Crippen LogP contribution in [0.3, 0.4) is 0 Å². The Morgan fingerprint density at radius 3 is 2.30 bits per heavy atom. The van der Waals surface area contributed by atoms with E-state index in [4.69, 9.17) is 0 Å². The van der Waals surface area contributed by atoms with E-state index >= 15 is 0 Å². The molecule has 2 heterocycles. The van der Waals surface area contributed by atoms with Crippen LogP contribution in [-0.4, -0.2) is 13.4 Å². The van der Waals surface area contributed by atoms with Gasteiger partial charge in [0.15, 0.2) is 12.4 Å². The third kappa shape index (κ3) is 3.15. The van der Waals surface area contributed by atoms with Crippen molar-refractivity contribution in [1.82, 2.24) is 4.98 Å². The molecule has 0 aliphatic heterocycles. The van der Waals surface area contributed by atoms with Crippen molar-refractivity contribution in [1.29, 1.82) is 0 Å². The molecule has 0 aliphatic carbocycles. The Hall–Kier alpha value is -2.51. The number of hydrogen-bond donors (Lipinski definition) is 1. The second kappa shape index (κ2) is 5.94. The molecular formula is C16H13N2O3S2+. The first-order valence-electron chi connectivity index (χ1n) is 6.68. The molecule has 0 saturated carbocycles. The largest absolute Gasteiger partial charge is 0.399 e. The molecule has 5 nitrogen and oxygen atoms in total. The molecule has 2 aromatic heterocycles. The maximum atomic E-state index is 12.5. The number of aromatic amines is 1.